The summed E-state index contributed by atoms with van der Waals surface area (Å²) < 4.78 is 0. The molecular formula is C9H11NRu. The topological polar surface area (TPSA) is 15.8 Å². The molecule has 1 aromatic rings. The molecule has 2 heteroatoms. The average molecular weight is 234 g/mol. The summed E-state index contributed by atoms with van der Waals surface area (Å²) in [5.41, 5.74) is 0. The van der Waals surface area contributed by atoms with E-state index in [0.29, 0.717) is 0 Å². The summed E-state index contributed by atoms with van der Waals surface area (Å²) in [6.45, 7) is 6.85. The van der Waals surface area contributed by atoms with Gasteiger partial charge < -0.3 is 4.98 Å². The molecule has 0 aliphatic rings. The van der Waals surface area contributed by atoms with Gasteiger partial charge in [0.2, 0.25) is 0 Å². The van der Waals surface area contributed by atoms with E-state index in [4.69, 9.17) is 6.58 Å². The van der Waals surface area contributed by atoms with Crippen LogP contribution >= 0.6 is 0 Å². The van der Waals surface area contributed by atoms with Gasteiger partial charge in [-0.1, -0.05) is 6.92 Å². The Kier molecular flexibility index (Phi) is 14.3. The predicted octanol–water partition coefficient (Wildman–Crippen LogP) is 2.36. The average Bonchev–Trinajstić information content (AvgIpc) is 2.44. The predicted molar refractivity (Wildman–Crippen MR) is 43.3 cm³/mol. The summed E-state index contributed by atoms with van der Waals surface area (Å²) in [7, 11) is 0. The molecule has 0 fully saturated rings. The molecule has 0 saturated carbocycles. The molecule has 1 nitrogen and oxygen atoms in total. The minimum absolute atomic E-state index is 0. The molecule has 0 amide bonds. The number of aromatic nitrogens is 1. The quantitative estimate of drug-likeness (QED) is 0.436. The molecule has 0 unspecified atom stereocenters. The Morgan fingerprint density at radius 2 is 2.27 bits per heavy atom. The second-order valence-corrected chi connectivity index (χ2v) is 1.53. The zero-order valence-corrected chi connectivity index (χ0v) is 8.13. The van der Waals surface area contributed by atoms with Crippen molar-refractivity contribution in [1.82, 2.24) is 4.98 Å². The van der Waals surface area contributed by atoms with Crippen molar-refractivity contribution >= 4 is 0 Å². The van der Waals surface area contributed by atoms with Crippen LogP contribution in [0.3, 0.4) is 0 Å². The SMILES string of the molecule is [CH-]=CC=CC.[Ru+2].[c-]1ccc[nH]1. The van der Waals surface area contributed by atoms with E-state index >= 15 is 0 Å². The smallest absolute Gasteiger partial charge is 0.484 e. The minimum Gasteiger partial charge on any atom is -0.484 e. The Labute approximate surface area is 81.0 Å². The zero-order chi connectivity index (χ0) is 7.66. The zero-order valence-electron chi connectivity index (χ0n) is 6.40. The standard InChI is InChI=1S/C5H7.C4H4N.Ru/c1-3-5-4-2;1-2-4-5-3-1;/h1,3-5H,2H3;1-3,5H;/q2*-1;+2. The number of hydrogen-bond acceptors (Lipinski definition) is 0. The van der Waals surface area contributed by atoms with E-state index in [9.17, 15) is 0 Å². The Balaban J connectivity index is 0. The third kappa shape index (κ3) is 12.6. The molecule has 0 radical (unpaired) electrons. The molecule has 1 aromatic heterocycles. The maximum Gasteiger partial charge on any atom is 2.00 e. The number of hydrogen-bond donors (Lipinski definition) is 1. The number of allylic oxidation sites excluding steroid dienone is 3. The maximum absolute atomic E-state index is 4.93. The van der Waals surface area contributed by atoms with Crippen LogP contribution in [0.4, 0.5) is 0 Å². The van der Waals surface area contributed by atoms with Crippen LogP contribution in [0.5, 0.6) is 0 Å². The van der Waals surface area contributed by atoms with Crippen LogP contribution in [-0.4, -0.2) is 4.98 Å². The fourth-order valence-electron chi connectivity index (χ4n) is 0.352. The second-order valence-electron chi connectivity index (χ2n) is 1.53. The summed E-state index contributed by atoms with van der Waals surface area (Å²) in [4.78, 5) is 2.74. The van der Waals surface area contributed by atoms with Gasteiger partial charge in [0.15, 0.2) is 0 Å². The molecule has 0 aromatic carbocycles. The van der Waals surface area contributed by atoms with Crippen molar-refractivity contribution in [3.8, 4) is 0 Å². The van der Waals surface area contributed by atoms with Gasteiger partial charge in [-0.05, 0) is 0 Å². The normalized spacial score (nSPS) is 7.73. The van der Waals surface area contributed by atoms with Crippen molar-refractivity contribution in [2.24, 2.45) is 0 Å². The summed E-state index contributed by atoms with van der Waals surface area (Å²) in [6, 6.07) is 3.71. The summed E-state index contributed by atoms with van der Waals surface area (Å²) >= 11 is 0. The molecule has 0 aliphatic carbocycles. The third-order valence-corrected chi connectivity index (χ3v) is 0.746. The van der Waals surface area contributed by atoms with Crippen LogP contribution in [0.2, 0.25) is 0 Å². The Bertz CT molecular complexity index is 148. The van der Waals surface area contributed by atoms with Crippen molar-refractivity contribution < 1.29 is 19.5 Å². The van der Waals surface area contributed by atoms with Crippen molar-refractivity contribution in [3.05, 3.63) is 49.3 Å². The van der Waals surface area contributed by atoms with Crippen LogP contribution in [0.25, 0.3) is 0 Å². The van der Waals surface area contributed by atoms with Gasteiger partial charge in [-0.25, -0.2) is 12.2 Å². The van der Waals surface area contributed by atoms with Crippen LogP contribution in [0.1, 0.15) is 6.92 Å². The van der Waals surface area contributed by atoms with E-state index in [1.807, 2.05) is 31.3 Å². The first-order chi connectivity index (χ1) is 4.91. The van der Waals surface area contributed by atoms with Gasteiger partial charge in [0.25, 0.3) is 0 Å². The molecule has 0 bridgehead atoms. The fraction of sp³-hybridized carbons (Fsp3) is 0.111. The fourth-order valence-corrected chi connectivity index (χ4v) is 0.352. The molecule has 1 heterocycles. The molecule has 1 N–H and O–H groups in total. The molecule has 11 heavy (non-hydrogen) atoms. The van der Waals surface area contributed by atoms with E-state index in [0.717, 1.165) is 0 Å². The van der Waals surface area contributed by atoms with Crippen molar-refractivity contribution in [1.29, 1.82) is 0 Å². The van der Waals surface area contributed by atoms with Gasteiger partial charge in [0, 0.05) is 0 Å². The first-order valence-electron chi connectivity index (χ1n) is 3.07. The van der Waals surface area contributed by atoms with Gasteiger partial charge in [-0.2, -0.15) is 24.4 Å². The molecule has 60 valence electrons. The number of aromatic amines is 1. The number of H-pyrrole nitrogens is 1. The van der Waals surface area contributed by atoms with Crippen molar-refractivity contribution in [3.63, 3.8) is 0 Å². The Hall–Kier alpha value is -0.617. The summed E-state index contributed by atoms with van der Waals surface area (Å²) in [5.74, 6) is 0. The minimum atomic E-state index is 0. The van der Waals surface area contributed by atoms with Crippen LogP contribution in [-0.2, 0) is 19.5 Å². The van der Waals surface area contributed by atoms with Crippen LogP contribution < -0.4 is 0 Å². The van der Waals surface area contributed by atoms with E-state index in [1.165, 1.54) is 6.08 Å². The van der Waals surface area contributed by atoms with E-state index < -0.39 is 0 Å². The van der Waals surface area contributed by atoms with E-state index in [1.54, 1.807) is 6.08 Å². The second kappa shape index (κ2) is 12.1. The van der Waals surface area contributed by atoms with Crippen LogP contribution in [0, 0.1) is 12.8 Å². The molecule has 1 rings (SSSR count). The van der Waals surface area contributed by atoms with E-state index in [-0.39, 0.29) is 19.5 Å². The first kappa shape index (κ1) is 13.0. The van der Waals surface area contributed by atoms with Crippen molar-refractivity contribution in [2.45, 2.75) is 6.92 Å². The van der Waals surface area contributed by atoms with Gasteiger partial charge >= 0.3 is 19.5 Å². The summed E-state index contributed by atoms with van der Waals surface area (Å²) in [6.07, 6.45) is 9.71. The van der Waals surface area contributed by atoms with Gasteiger partial charge in [-0.15, -0.1) is 6.20 Å². The molecule has 0 saturated heterocycles. The maximum atomic E-state index is 4.93. The first-order valence-corrected chi connectivity index (χ1v) is 3.07. The van der Waals surface area contributed by atoms with Gasteiger partial charge in [0.05, 0.1) is 0 Å². The largest absolute Gasteiger partial charge is 2.00 e. The van der Waals surface area contributed by atoms with Crippen molar-refractivity contribution in [2.75, 3.05) is 0 Å². The molecule has 0 spiro atoms. The molecule has 0 aliphatic heterocycles. The van der Waals surface area contributed by atoms with Gasteiger partial charge in [0.1, 0.15) is 0 Å². The van der Waals surface area contributed by atoms with E-state index in [2.05, 4.69) is 11.2 Å². The molecular weight excluding hydrogens is 223 g/mol. The molecule has 0 atom stereocenters. The monoisotopic (exact) mass is 235 g/mol. The van der Waals surface area contributed by atoms with Gasteiger partial charge in [-0.3, -0.25) is 6.58 Å². The Morgan fingerprint density at radius 3 is 2.36 bits per heavy atom. The number of nitrogens with one attached hydrogen (secondary N) is 1. The summed E-state index contributed by atoms with van der Waals surface area (Å²) in [5, 5.41) is 0. The third-order valence-electron chi connectivity index (χ3n) is 0.746. The number of rotatable bonds is 1. The Morgan fingerprint density at radius 1 is 1.55 bits per heavy atom. The van der Waals surface area contributed by atoms with Crippen LogP contribution in [0.15, 0.2) is 36.6 Å².